The molecule has 0 heterocycles. The number of rotatable bonds is 0. The molecule has 0 amide bonds. The van der Waals surface area contributed by atoms with Crippen molar-refractivity contribution in [3.05, 3.63) is 318 Å². The maximum absolute atomic E-state index is 9.63. The quantitative estimate of drug-likeness (QED) is 0.151. The molecule has 9 rings (SSSR count). The van der Waals surface area contributed by atoms with Crippen molar-refractivity contribution in [1.82, 2.24) is 0 Å². The molecule has 6 heteroatoms. The minimum Gasteiger partial charge on any atom is -0.388 e. The van der Waals surface area contributed by atoms with E-state index in [2.05, 4.69) is 349 Å². The molecule has 9 aromatic carbocycles. The summed E-state index contributed by atoms with van der Waals surface area (Å²) < 4.78 is 23.5. The van der Waals surface area contributed by atoms with Crippen LogP contribution in [0.3, 0.4) is 0 Å². The average molecular weight is 1240 g/mol. The van der Waals surface area contributed by atoms with Crippen LogP contribution in [-0.4, -0.2) is 53.4 Å². The second kappa shape index (κ2) is 53.9. The summed E-state index contributed by atoms with van der Waals surface area (Å²) in [5.74, 6) is 0.167. The van der Waals surface area contributed by atoms with Gasteiger partial charge in [0.2, 0.25) is 0 Å². The summed E-state index contributed by atoms with van der Waals surface area (Å²) in [7, 11) is 0.583. The lowest BCUT2D eigenvalue weighted by atomic mass is 10.0. The molecule has 0 spiro atoms. The fourth-order valence-electron chi connectivity index (χ4n) is 6.41. The van der Waals surface area contributed by atoms with Crippen molar-refractivity contribution in [1.29, 1.82) is 0 Å². The molecule has 0 aliphatic rings. The van der Waals surface area contributed by atoms with Crippen LogP contribution in [0.4, 0.5) is 0 Å². The van der Waals surface area contributed by atoms with Gasteiger partial charge in [0.25, 0.3) is 0 Å². The second-order valence-corrected chi connectivity index (χ2v) is 25.7. The van der Waals surface area contributed by atoms with Crippen molar-refractivity contribution in [3.63, 3.8) is 0 Å². The molecule has 0 atom stereocenters. The van der Waals surface area contributed by atoms with E-state index in [1.807, 2.05) is 12.5 Å². The number of benzene rings is 9. The molecule has 0 fully saturated rings. The predicted molar refractivity (Wildman–Crippen MR) is 402 cm³/mol. The van der Waals surface area contributed by atoms with E-state index in [9.17, 15) is 13.2 Å². The number of ketones is 1. The van der Waals surface area contributed by atoms with Crippen molar-refractivity contribution >= 4 is 27.4 Å². The predicted octanol–water partition coefficient (Wildman–Crippen LogP) is 22.8. The SMILES string of the molecule is CC(C)=O.COC.CS(C)(=O)=O.CSC.Cc1cc(C)c(C)cc1C.Cc1ccccc1C.Cc1ccccc1C.Cc1ccccc1C.Cc1ccccc1C.Cc1ccccc1C.Cc1ccccc1C.Cc1ccccc1C.Cc1ccccc1C. The van der Waals surface area contributed by atoms with E-state index in [-0.39, 0.29) is 5.78 Å². The summed E-state index contributed by atoms with van der Waals surface area (Å²) in [6.07, 6.45) is 6.40. The molecular formula is C83H118O4S2. The molecule has 0 aliphatic carbocycles. The van der Waals surface area contributed by atoms with E-state index >= 15 is 0 Å². The van der Waals surface area contributed by atoms with E-state index in [1.54, 1.807) is 26.0 Å². The smallest absolute Gasteiger partial charge is 0.144 e. The summed E-state index contributed by atoms with van der Waals surface area (Å²) >= 11 is 1.75. The fraction of sp³-hybridized carbons (Fsp3) is 0.337. The van der Waals surface area contributed by atoms with Crippen molar-refractivity contribution in [2.75, 3.05) is 39.2 Å². The van der Waals surface area contributed by atoms with Gasteiger partial charge in [0.05, 0.1) is 0 Å². The number of Topliss-reactive ketones (excluding diaryl/α,β-unsaturated/α-hetero) is 1. The van der Waals surface area contributed by atoms with Crippen LogP contribution in [0.1, 0.15) is 125 Å². The number of hydrogen-bond acceptors (Lipinski definition) is 5. The molecular weight excluding hydrogens is 1130 g/mol. The lowest BCUT2D eigenvalue weighted by Gasteiger charge is -2.04. The van der Waals surface area contributed by atoms with E-state index in [4.69, 9.17) is 0 Å². The van der Waals surface area contributed by atoms with Gasteiger partial charge in [0.1, 0.15) is 15.6 Å². The standard InChI is InChI=1S/C10H14.8C8H10.C3H6O.C2H6O2S.C2H6O.C2H6S/c1-7-5-9(3)10(4)6-8(7)2;8*1-7-5-3-4-6-8(7)2;1-3(2)4;1-5(2,3)4;2*1-3-2/h5-6H,1-4H3;8*3-6H,1-2H3;1-2H3;1-2H3;2*1-2H3. The Hall–Kier alpha value is -7.09. The highest BCUT2D eigenvalue weighted by molar-refractivity contribution is 7.97. The number of carbonyl (C=O) groups is 1. The Morgan fingerprint density at radius 3 is 0.360 bits per heavy atom. The van der Waals surface area contributed by atoms with Crippen LogP contribution in [0, 0.1) is 138 Å². The van der Waals surface area contributed by atoms with Gasteiger partial charge >= 0.3 is 0 Å². The maximum Gasteiger partial charge on any atom is 0.144 e. The lowest BCUT2D eigenvalue weighted by Crippen LogP contribution is -1.86. The Morgan fingerprint density at radius 1 is 0.258 bits per heavy atom. The monoisotopic (exact) mass is 1240 g/mol. The summed E-state index contributed by atoms with van der Waals surface area (Å²) in [6, 6.07) is 71.3. The van der Waals surface area contributed by atoms with Gasteiger partial charge in [-0.25, -0.2) is 8.42 Å². The van der Waals surface area contributed by atoms with Crippen LogP contribution in [-0.2, 0) is 19.4 Å². The zero-order valence-corrected chi connectivity index (χ0v) is 62.2. The summed E-state index contributed by atoms with van der Waals surface area (Å²) in [4.78, 5) is 9.44. The van der Waals surface area contributed by atoms with Crippen molar-refractivity contribution < 1.29 is 17.9 Å². The molecule has 0 unspecified atom stereocenters. The van der Waals surface area contributed by atoms with Gasteiger partial charge in [-0.1, -0.05) is 206 Å². The summed E-state index contributed by atoms with van der Waals surface area (Å²) in [5.41, 5.74) is 27.5. The van der Waals surface area contributed by atoms with Crippen LogP contribution in [0.25, 0.3) is 0 Å². The Kier molecular flexibility index (Phi) is 53.5. The molecule has 486 valence electrons. The number of methoxy groups -OCH3 is 1. The number of thioether (sulfide) groups is 1. The lowest BCUT2D eigenvalue weighted by molar-refractivity contribution is -0.115. The zero-order valence-electron chi connectivity index (χ0n) is 60.6. The zero-order chi connectivity index (χ0) is 69.1. The second-order valence-electron chi connectivity index (χ2n) is 22.6. The van der Waals surface area contributed by atoms with Gasteiger partial charge in [-0.05, 0) is 276 Å². The summed E-state index contributed by atoms with van der Waals surface area (Å²) in [6.45, 7) is 45.6. The van der Waals surface area contributed by atoms with Crippen LogP contribution < -0.4 is 0 Å². The van der Waals surface area contributed by atoms with E-state index in [0.717, 1.165) is 12.5 Å². The summed E-state index contributed by atoms with van der Waals surface area (Å²) in [5, 5.41) is 0. The maximum atomic E-state index is 9.63. The number of aryl methyl sites for hydroxylation is 20. The normalized spacial score (nSPS) is 9.12. The minimum atomic E-state index is -2.67. The highest BCUT2D eigenvalue weighted by Gasteiger charge is 1.96. The Labute approximate surface area is 551 Å². The molecule has 0 radical (unpaired) electrons. The number of carbonyl (C=O) groups excluding carboxylic acids is 1. The van der Waals surface area contributed by atoms with Gasteiger partial charge in [0, 0.05) is 26.7 Å². The third kappa shape index (κ3) is 53.6. The van der Waals surface area contributed by atoms with E-state index in [0.29, 0.717) is 0 Å². The molecule has 0 N–H and O–H groups in total. The molecule has 9 aromatic rings. The molecule has 0 aliphatic heterocycles. The Morgan fingerprint density at radius 2 is 0.315 bits per heavy atom. The highest BCUT2D eigenvalue weighted by Crippen LogP contribution is 2.14. The van der Waals surface area contributed by atoms with Gasteiger partial charge < -0.3 is 9.53 Å². The van der Waals surface area contributed by atoms with Crippen LogP contribution >= 0.6 is 11.8 Å². The fourth-order valence-corrected chi connectivity index (χ4v) is 6.41. The van der Waals surface area contributed by atoms with E-state index in [1.165, 1.54) is 125 Å². The van der Waals surface area contributed by atoms with Gasteiger partial charge in [-0.15, -0.1) is 0 Å². The third-order valence-corrected chi connectivity index (χ3v) is 13.5. The van der Waals surface area contributed by atoms with Gasteiger partial charge in [-0.3, -0.25) is 0 Å². The Balaban J connectivity index is -0.000000445. The first-order valence-corrected chi connectivity index (χ1v) is 34.2. The third-order valence-electron chi connectivity index (χ3n) is 13.5. The first-order chi connectivity index (χ1) is 41.6. The largest absolute Gasteiger partial charge is 0.388 e. The van der Waals surface area contributed by atoms with E-state index < -0.39 is 9.84 Å². The molecule has 0 saturated heterocycles. The van der Waals surface area contributed by atoms with Crippen LogP contribution in [0.5, 0.6) is 0 Å². The van der Waals surface area contributed by atoms with Crippen molar-refractivity contribution in [2.45, 2.75) is 152 Å². The molecule has 4 nitrogen and oxygen atoms in total. The van der Waals surface area contributed by atoms with Crippen molar-refractivity contribution in [2.24, 2.45) is 0 Å². The molecule has 0 aromatic heterocycles. The molecule has 0 saturated carbocycles. The molecule has 0 bridgehead atoms. The minimum absolute atomic E-state index is 0.167. The van der Waals surface area contributed by atoms with Gasteiger partial charge in [0.15, 0.2) is 0 Å². The average Bonchev–Trinajstić information content (AvgIpc) is 3.65. The van der Waals surface area contributed by atoms with Crippen LogP contribution in [0.15, 0.2) is 206 Å². The van der Waals surface area contributed by atoms with Gasteiger partial charge in [-0.2, -0.15) is 11.8 Å². The highest BCUT2D eigenvalue weighted by atomic mass is 32.2. The first-order valence-electron chi connectivity index (χ1n) is 30.3. The van der Waals surface area contributed by atoms with Crippen molar-refractivity contribution in [3.8, 4) is 0 Å². The topological polar surface area (TPSA) is 60.4 Å². The first kappa shape index (κ1) is 88.3. The number of ether oxygens (including phenoxy) is 1. The number of sulfone groups is 1. The number of hydrogen-bond donors (Lipinski definition) is 0. The Bertz CT molecular complexity index is 2620. The van der Waals surface area contributed by atoms with Crippen LogP contribution in [0.2, 0.25) is 0 Å². The molecule has 89 heavy (non-hydrogen) atoms.